The number of hydrogen-bond donors (Lipinski definition) is 1. The number of hydrogen-bond acceptors (Lipinski definition) is 6. The summed E-state index contributed by atoms with van der Waals surface area (Å²) in [6.07, 6.45) is 5.39. The van der Waals surface area contributed by atoms with Crippen molar-refractivity contribution in [2.24, 2.45) is 17.8 Å². The highest BCUT2D eigenvalue weighted by molar-refractivity contribution is 6.08. The van der Waals surface area contributed by atoms with Gasteiger partial charge in [-0.25, -0.2) is 0 Å². The minimum Gasteiger partial charge on any atom is -0.343 e. The van der Waals surface area contributed by atoms with Gasteiger partial charge in [0.05, 0.1) is 11.8 Å². The Kier molecular flexibility index (Phi) is 5.43. The molecule has 1 aliphatic carbocycles. The van der Waals surface area contributed by atoms with E-state index in [9.17, 15) is 14.4 Å². The summed E-state index contributed by atoms with van der Waals surface area (Å²) < 4.78 is 5.10. The third kappa shape index (κ3) is 3.79. The average Bonchev–Trinajstić information content (AvgIpc) is 3.16. The van der Waals surface area contributed by atoms with Crippen LogP contribution in [0.3, 0.4) is 0 Å². The van der Waals surface area contributed by atoms with Crippen molar-refractivity contribution >= 4 is 17.7 Å². The molecule has 1 aromatic heterocycles. The fraction of sp³-hybridized carbons (Fsp3) is 0.632. The van der Waals surface area contributed by atoms with E-state index in [0.717, 1.165) is 0 Å². The topological polar surface area (TPSA) is 105 Å². The summed E-state index contributed by atoms with van der Waals surface area (Å²) in [6.45, 7) is 7.35. The lowest BCUT2D eigenvalue weighted by molar-refractivity contribution is -0.148. The molecule has 0 aromatic carbocycles. The second-order valence-corrected chi connectivity index (χ2v) is 7.76. The van der Waals surface area contributed by atoms with E-state index in [1.807, 2.05) is 26.0 Å². The van der Waals surface area contributed by atoms with Gasteiger partial charge in [-0.2, -0.15) is 4.98 Å². The summed E-state index contributed by atoms with van der Waals surface area (Å²) >= 11 is 0. The van der Waals surface area contributed by atoms with E-state index >= 15 is 0 Å². The van der Waals surface area contributed by atoms with Crippen LogP contribution in [0.4, 0.5) is 0 Å². The molecule has 1 saturated heterocycles. The van der Waals surface area contributed by atoms with Gasteiger partial charge in [-0.3, -0.25) is 19.3 Å². The van der Waals surface area contributed by atoms with Gasteiger partial charge in [0.1, 0.15) is 12.1 Å². The number of nitrogens with one attached hydrogen (secondary N) is 1. The fourth-order valence-electron chi connectivity index (χ4n) is 3.77. The molecule has 8 heteroatoms. The lowest BCUT2D eigenvalue weighted by Crippen LogP contribution is -2.51. The third-order valence-electron chi connectivity index (χ3n) is 5.12. The summed E-state index contributed by atoms with van der Waals surface area (Å²) in [5, 5.41) is 6.54. The van der Waals surface area contributed by atoms with Crippen LogP contribution in [-0.4, -0.2) is 38.8 Å². The van der Waals surface area contributed by atoms with Crippen molar-refractivity contribution in [2.75, 3.05) is 0 Å². The molecule has 1 aromatic rings. The molecule has 3 rings (SSSR count). The molecule has 4 unspecified atom stereocenters. The Hall–Kier alpha value is -2.51. The Bertz CT molecular complexity index is 744. The smallest absolute Gasteiger partial charge is 0.248 e. The number of likely N-dealkylation sites (tertiary alicyclic amines) is 1. The van der Waals surface area contributed by atoms with Gasteiger partial charge in [-0.05, 0) is 39.0 Å². The van der Waals surface area contributed by atoms with Crippen molar-refractivity contribution in [3.63, 3.8) is 0 Å². The van der Waals surface area contributed by atoms with Crippen LogP contribution in [0, 0.1) is 24.7 Å². The largest absolute Gasteiger partial charge is 0.343 e. The predicted octanol–water partition coefficient (Wildman–Crippen LogP) is 1.92. The van der Waals surface area contributed by atoms with Crippen molar-refractivity contribution in [3.05, 3.63) is 23.9 Å². The minimum absolute atomic E-state index is 0.142. The molecule has 1 aliphatic heterocycles. The highest BCUT2D eigenvalue weighted by Crippen LogP contribution is 2.37. The second-order valence-electron chi connectivity index (χ2n) is 7.76. The van der Waals surface area contributed by atoms with Gasteiger partial charge < -0.3 is 9.84 Å². The maximum absolute atomic E-state index is 13.0. The number of imide groups is 1. The highest BCUT2D eigenvalue weighted by Gasteiger charge is 2.51. The quantitative estimate of drug-likeness (QED) is 0.602. The number of nitrogens with zero attached hydrogens (tertiary/aromatic N) is 3. The van der Waals surface area contributed by atoms with Gasteiger partial charge in [0.2, 0.25) is 23.6 Å². The number of carbonyl (C=O) groups excluding carboxylic acids is 3. The van der Waals surface area contributed by atoms with E-state index in [1.165, 1.54) is 4.90 Å². The zero-order chi connectivity index (χ0) is 19.7. The van der Waals surface area contributed by atoms with Crippen LogP contribution in [-0.2, 0) is 14.4 Å². The summed E-state index contributed by atoms with van der Waals surface area (Å²) in [5.41, 5.74) is 0. The molecule has 27 heavy (non-hydrogen) atoms. The van der Waals surface area contributed by atoms with E-state index in [1.54, 1.807) is 13.8 Å². The van der Waals surface area contributed by atoms with E-state index in [0.29, 0.717) is 31.0 Å². The van der Waals surface area contributed by atoms with Crippen LogP contribution in [0.15, 0.2) is 16.7 Å². The second kappa shape index (κ2) is 7.62. The Balaban J connectivity index is 1.80. The van der Waals surface area contributed by atoms with Crippen molar-refractivity contribution < 1.29 is 18.9 Å². The molecule has 8 nitrogen and oxygen atoms in total. The van der Waals surface area contributed by atoms with Gasteiger partial charge >= 0.3 is 0 Å². The zero-order valence-electron chi connectivity index (χ0n) is 16.1. The average molecular weight is 374 g/mol. The summed E-state index contributed by atoms with van der Waals surface area (Å²) in [7, 11) is 0. The predicted molar refractivity (Wildman–Crippen MR) is 96.0 cm³/mol. The van der Waals surface area contributed by atoms with Crippen molar-refractivity contribution in [2.45, 2.75) is 59.0 Å². The molecule has 1 fully saturated rings. The molecule has 0 saturated carbocycles. The van der Waals surface area contributed by atoms with E-state index in [4.69, 9.17) is 4.52 Å². The Morgan fingerprint density at radius 2 is 1.81 bits per heavy atom. The molecule has 0 bridgehead atoms. The number of carbonyl (C=O) groups is 3. The number of amides is 3. The minimum atomic E-state index is -0.831. The van der Waals surface area contributed by atoms with Crippen LogP contribution in [0.5, 0.6) is 0 Å². The number of aromatic nitrogens is 2. The highest BCUT2D eigenvalue weighted by atomic mass is 16.5. The van der Waals surface area contributed by atoms with Gasteiger partial charge in [-0.15, -0.1) is 0 Å². The van der Waals surface area contributed by atoms with Crippen LogP contribution in [0.2, 0.25) is 0 Å². The Labute approximate surface area is 158 Å². The van der Waals surface area contributed by atoms with Gasteiger partial charge in [0, 0.05) is 0 Å². The monoisotopic (exact) mass is 374 g/mol. The first-order valence-corrected chi connectivity index (χ1v) is 9.42. The van der Waals surface area contributed by atoms with Crippen LogP contribution >= 0.6 is 0 Å². The normalized spacial score (nSPS) is 24.3. The molecular weight excluding hydrogens is 348 g/mol. The first-order valence-electron chi connectivity index (χ1n) is 9.42. The van der Waals surface area contributed by atoms with Gasteiger partial charge in [0.25, 0.3) is 0 Å². The first kappa shape index (κ1) is 19.3. The van der Waals surface area contributed by atoms with Crippen LogP contribution < -0.4 is 5.32 Å². The molecule has 146 valence electrons. The number of rotatable bonds is 6. The van der Waals surface area contributed by atoms with Gasteiger partial charge in [-0.1, -0.05) is 31.2 Å². The maximum Gasteiger partial charge on any atom is 0.248 e. The van der Waals surface area contributed by atoms with Crippen LogP contribution in [0.1, 0.15) is 57.8 Å². The van der Waals surface area contributed by atoms with E-state index in [-0.39, 0.29) is 35.5 Å². The molecule has 2 heterocycles. The lowest BCUT2D eigenvalue weighted by atomic mass is 9.85. The van der Waals surface area contributed by atoms with Crippen molar-refractivity contribution in [1.29, 1.82) is 0 Å². The van der Waals surface area contributed by atoms with Crippen LogP contribution in [0.25, 0.3) is 0 Å². The van der Waals surface area contributed by atoms with E-state index in [2.05, 4.69) is 15.5 Å². The molecule has 3 amide bonds. The Morgan fingerprint density at radius 1 is 1.22 bits per heavy atom. The number of fused-ring (bicyclic) bond motifs is 1. The molecule has 0 spiro atoms. The standard InChI is InChI=1S/C19H26N4O4/c1-10(2)9-15(16(24)20-11(3)17-21-12(4)22-27-17)23-18(25)13-7-5-6-8-14(13)19(23)26/h5-6,10-11,13-15H,7-9H2,1-4H3,(H,20,24). The fourth-order valence-corrected chi connectivity index (χ4v) is 3.77. The molecule has 1 N–H and O–H groups in total. The van der Waals surface area contributed by atoms with Crippen molar-refractivity contribution in [1.82, 2.24) is 20.4 Å². The maximum atomic E-state index is 13.0. The number of allylic oxidation sites excluding steroid dienone is 2. The third-order valence-corrected chi connectivity index (χ3v) is 5.12. The Morgan fingerprint density at radius 3 is 2.30 bits per heavy atom. The molecule has 4 atom stereocenters. The van der Waals surface area contributed by atoms with Gasteiger partial charge in [0.15, 0.2) is 5.82 Å². The first-order chi connectivity index (χ1) is 12.8. The molecular formula is C19H26N4O4. The molecule has 2 aliphatic rings. The summed E-state index contributed by atoms with van der Waals surface area (Å²) in [5.74, 6) is -0.634. The van der Waals surface area contributed by atoms with E-state index < -0.39 is 12.1 Å². The molecule has 0 radical (unpaired) electrons. The van der Waals surface area contributed by atoms with Crippen molar-refractivity contribution in [3.8, 4) is 0 Å². The lowest BCUT2D eigenvalue weighted by Gasteiger charge is -2.28. The zero-order valence-corrected chi connectivity index (χ0v) is 16.1. The SMILES string of the molecule is Cc1noc(C(C)NC(=O)C(CC(C)C)N2C(=O)C3CC=CCC3C2=O)n1. The summed E-state index contributed by atoms with van der Waals surface area (Å²) in [6, 6.07) is -1.34. The number of aryl methyl sites for hydroxylation is 1. The summed E-state index contributed by atoms with van der Waals surface area (Å²) in [4.78, 5) is 44.1.